The number of fused-ring (bicyclic) bond motifs is 2. The van der Waals surface area contributed by atoms with E-state index in [1.165, 1.54) is 33.7 Å². The Morgan fingerprint density at radius 1 is 1.00 bits per heavy atom. The number of carbonyl (C=O) groups excluding carboxylic acids is 2. The molecule has 1 aliphatic heterocycles. The SMILES string of the molecule is Cc1ccc(-c2nc3s/c(=C4\C(=O)N(CC(=O)Nc5ccc(F)cc5)c5ccccc54)c(=O)n3n2)cc1. The van der Waals surface area contributed by atoms with Gasteiger partial charge in [0.2, 0.25) is 10.9 Å². The van der Waals surface area contributed by atoms with Gasteiger partial charge in [0.15, 0.2) is 5.82 Å². The molecule has 0 aliphatic carbocycles. The number of anilines is 2. The number of aryl methyl sites for hydroxylation is 1. The Bertz CT molecular complexity index is 1810. The number of benzene rings is 3. The van der Waals surface area contributed by atoms with Gasteiger partial charge in [-0.1, -0.05) is 59.4 Å². The van der Waals surface area contributed by atoms with Crippen molar-refractivity contribution in [2.24, 2.45) is 0 Å². The van der Waals surface area contributed by atoms with Crippen molar-refractivity contribution in [3.05, 3.63) is 105 Å². The fourth-order valence-electron chi connectivity index (χ4n) is 4.24. The maximum atomic E-state index is 13.5. The van der Waals surface area contributed by atoms with Gasteiger partial charge in [0.05, 0.1) is 11.3 Å². The maximum absolute atomic E-state index is 13.5. The third kappa shape index (κ3) is 3.97. The van der Waals surface area contributed by atoms with Crippen LogP contribution in [0.3, 0.4) is 0 Å². The van der Waals surface area contributed by atoms with E-state index in [0.29, 0.717) is 27.7 Å². The lowest BCUT2D eigenvalue weighted by Gasteiger charge is -2.16. The fourth-order valence-corrected chi connectivity index (χ4v) is 5.24. The number of rotatable bonds is 4. The van der Waals surface area contributed by atoms with Crippen LogP contribution in [0, 0.1) is 12.7 Å². The third-order valence-corrected chi connectivity index (χ3v) is 7.08. The fraction of sp³-hybridized carbons (Fsp3) is 0.0741. The molecule has 5 aromatic rings. The summed E-state index contributed by atoms with van der Waals surface area (Å²) < 4.78 is 14.6. The Morgan fingerprint density at radius 3 is 2.46 bits per heavy atom. The van der Waals surface area contributed by atoms with Crippen LogP contribution in [-0.2, 0) is 9.59 Å². The van der Waals surface area contributed by atoms with Crippen LogP contribution in [0.5, 0.6) is 0 Å². The van der Waals surface area contributed by atoms with Crippen molar-refractivity contribution in [2.75, 3.05) is 16.8 Å². The molecule has 182 valence electrons. The number of nitrogens with one attached hydrogen (secondary N) is 1. The summed E-state index contributed by atoms with van der Waals surface area (Å²) in [7, 11) is 0. The minimum Gasteiger partial charge on any atom is -0.325 e. The van der Waals surface area contributed by atoms with Crippen LogP contribution >= 0.6 is 11.3 Å². The zero-order valence-electron chi connectivity index (χ0n) is 19.4. The van der Waals surface area contributed by atoms with Crippen LogP contribution in [0.2, 0.25) is 0 Å². The third-order valence-electron chi connectivity index (χ3n) is 6.05. The lowest BCUT2D eigenvalue weighted by atomic mass is 10.1. The lowest BCUT2D eigenvalue weighted by Crippen LogP contribution is -2.37. The molecular weight excluding hydrogens is 493 g/mol. The topological polar surface area (TPSA) is 96.7 Å². The summed E-state index contributed by atoms with van der Waals surface area (Å²) in [5, 5.41) is 7.04. The standard InChI is InChI=1S/C27H18FN5O3S/c1-15-6-8-16(9-7-15)24-30-27-33(31-24)26(36)23(37-27)22-19-4-2-3-5-20(19)32(25(22)35)14-21(34)29-18-12-10-17(28)11-13-18/h2-13H,14H2,1H3,(H,29,34)/b23-22-. The van der Waals surface area contributed by atoms with Crippen LogP contribution in [0.25, 0.3) is 21.9 Å². The molecule has 0 saturated heterocycles. The lowest BCUT2D eigenvalue weighted by molar-refractivity contribution is -0.118. The highest BCUT2D eigenvalue weighted by molar-refractivity contribution is 7.15. The van der Waals surface area contributed by atoms with Crippen molar-refractivity contribution in [3.8, 4) is 11.4 Å². The van der Waals surface area contributed by atoms with Crippen molar-refractivity contribution in [2.45, 2.75) is 6.92 Å². The Labute approximate surface area is 213 Å². The normalized spacial score (nSPS) is 14.3. The highest BCUT2D eigenvalue weighted by Crippen LogP contribution is 2.35. The van der Waals surface area contributed by atoms with Crippen LogP contribution in [0.15, 0.2) is 77.6 Å². The Hall–Kier alpha value is -4.70. The maximum Gasteiger partial charge on any atom is 0.291 e. The summed E-state index contributed by atoms with van der Waals surface area (Å²) >= 11 is 1.09. The van der Waals surface area contributed by atoms with Gasteiger partial charge in [-0.25, -0.2) is 4.39 Å². The zero-order chi connectivity index (χ0) is 25.7. The molecule has 0 atom stereocenters. The zero-order valence-corrected chi connectivity index (χ0v) is 20.3. The van der Waals surface area contributed by atoms with Gasteiger partial charge in [0.25, 0.3) is 11.5 Å². The quantitative estimate of drug-likeness (QED) is 0.400. The number of hydrogen-bond acceptors (Lipinski definition) is 6. The monoisotopic (exact) mass is 511 g/mol. The Balaban J connectivity index is 1.38. The highest BCUT2D eigenvalue weighted by Gasteiger charge is 2.35. The molecule has 0 saturated carbocycles. The summed E-state index contributed by atoms with van der Waals surface area (Å²) in [5.41, 5.74) is 3.15. The summed E-state index contributed by atoms with van der Waals surface area (Å²) in [6.07, 6.45) is 0. The van der Waals surface area contributed by atoms with Gasteiger partial charge < -0.3 is 5.32 Å². The van der Waals surface area contributed by atoms with Crippen molar-refractivity contribution in [3.63, 3.8) is 0 Å². The molecule has 37 heavy (non-hydrogen) atoms. The van der Waals surface area contributed by atoms with E-state index in [-0.39, 0.29) is 16.7 Å². The Morgan fingerprint density at radius 2 is 1.73 bits per heavy atom. The molecule has 8 nitrogen and oxygen atoms in total. The van der Waals surface area contributed by atoms with E-state index >= 15 is 0 Å². The number of thiazole rings is 1. The molecule has 3 heterocycles. The second-order valence-corrected chi connectivity index (χ2v) is 9.55. The second-order valence-electron chi connectivity index (χ2n) is 8.57. The smallest absolute Gasteiger partial charge is 0.291 e. The van der Waals surface area contributed by atoms with Crippen LogP contribution in [0.4, 0.5) is 15.8 Å². The first kappa shape index (κ1) is 22.7. The molecule has 0 radical (unpaired) electrons. The van der Waals surface area contributed by atoms with E-state index in [4.69, 9.17) is 0 Å². The molecule has 2 aromatic heterocycles. The average molecular weight is 512 g/mol. The summed E-state index contributed by atoms with van der Waals surface area (Å²) in [4.78, 5) is 45.8. The van der Waals surface area contributed by atoms with E-state index in [1.807, 2.05) is 31.2 Å². The predicted octanol–water partition coefficient (Wildman–Crippen LogP) is 3.17. The first-order chi connectivity index (χ1) is 17.9. The van der Waals surface area contributed by atoms with Gasteiger partial charge in [-0.2, -0.15) is 9.50 Å². The van der Waals surface area contributed by atoms with Gasteiger partial charge in [-0.15, -0.1) is 5.10 Å². The molecule has 0 spiro atoms. The van der Waals surface area contributed by atoms with Crippen LogP contribution in [0.1, 0.15) is 11.1 Å². The number of amides is 2. The summed E-state index contributed by atoms with van der Waals surface area (Å²) in [6, 6.07) is 20.0. The van der Waals surface area contributed by atoms with Crippen molar-refractivity contribution in [1.82, 2.24) is 14.6 Å². The van der Waals surface area contributed by atoms with E-state index in [2.05, 4.69) is 15.4 Å². The molecule has 6 rings (SSSR count). The number of carbonyl (C=O) groups is 2. The van der Waals surface area contributed by atoms with Crippen molar-refractivity contribution >= 4 is 45.1 Å². The first-order valence-corrected chi connectivity index (χ1v) is 12.2. The number of nitrogens with zero attached hydrogens (tertiary/aromatic N) is 4. The Kier molecular flexibility index (Phi) is 5.38. The van der Waals surface area contributed by atoms with Crippen LogP contribution < -0.4 is 20.3 Å². The van der Waals surface area contributed by atoms with Crippen LogP contribution in [-0.4, -0.2) is 33.0 Å². The minimum absolute atomic E-state index is 0.212. The number of aromatic nitrogens is 3. The number of halogens is 1. The second kappa shape index (κ2) is 8.75. The summed E-state index contributed by atoms with van der Waals surface area (Å²) in [5.74, 6) is -0.909. The largest absolute Gasteiger partial charge is 0.325 e. The molecule has 0 unspecified atom stereocenters. The first-order valence-electron chi connectivity index (χ1n) is 11.4. The number of para-hydroxylation sites is 1. The van der Waals surface area contributed by atoms with Gasteiger partial charge in [0, 0.05) is 16.8 Å². The van der Waals surface area contributed by atoms with Gasteiger partial charge in [-0.05, 0) is 37.3 Å². The van der Waals surface area contributed by atoms with E-state index < -0.39 is 23.2 Å². The van der Waals surface area contributed by atoms with E-state index in [9.17, 15) is 18.8 Å². The molecule has 3 aromatic carbocycles. The molecular formula is C27H18FN5O3S. The molecule has 2 amide bonds. The predicted molar refractivity (Wildman–Crippen MR) is 139 cm³/mol. The van der Waals surface area contributed by atoms with E-state index in [1.54, 1.807) is 24.3 Å². The average Bonchev–Trinajstić information content (AvgIpc) is 3.52. The van der Waals surface area contributed by atoms with Gasteiger partial charge >= 0.3 is 0 Å². The molecule has 0 bridgehead atoms. The number of hydrogen-bond donors (Lipinski definition) is 1. The molecule has 1 aliphatic rings. The van der Waals surface area contributed by atoms with E-state index in [0.717, 1.165) is 22.5 Å². The molecule has 1 N–H and O–H groups in total. The van der Waals surface area contributed by atoms with Crippen molar-refractivity contribution < 1.29 is 14.0 Å². The highest BCUT2D eigenvalue weighted by atomic mass is 32.1. The molecule has 10 heteroatoms. The summed E-state index contributed by atoms with van der Waals surface area (Å²) in [6.45, 7) is 1.71. The van der Waals surface area contributed by atoms with Gasteiger partial charge in [-0.3, -0.25) is 19.3 Å². The van der Waals surface area contributed by atoms with Crippen molar-refractivity contribution in [1.29, 1.82) is 0 Å². The van der Waals surface area contributed by atoms with Gasteiger partial charge in [0.1, 0.15) is 16.9 Å². The molecule has 0 fully saturated rings. The minimum atomic E-state index is -0.462.